The Morgan fingerprint density at radius 1 is 1.14 bits per heavy atom. The zero-order valence-corrected chi connectivity index (χ0v) is 9.53. The molecule has 2 N–H and O–H groups in total. The van der Waals surface area contributed by atoms with Gasteiger partial charge in [0.25, 0.3) is 0 Å². The Bertz CT molecular complexity index is 207. The fourth-order valence-corrected chi connectivity index (χ4v) is 0.865. The molecule has 80 valence electrons. The lowest BCUT2D eigenvalue weighted by Crippen LogP contribution is -2.15. The van der Waals surface area contributed by atoms with Gasteiger partial charge in [0.2, 0.25) is 0 Å². The molecule has 0 aromatic heterocycles. The zero-order valence-electron chi connectivity index (χ0n) is 9.53. The molecule has 0 bridgehead atoms. The molecule has 0 saturated carbocycles. The Hall–Kier alpha value is -1.02. The summed E-state index contributed by atoms with van der Waals surface area (Å²) < 4.78 is 0. The second-order valence-electron chi connectivity index (χ2n) is 3.14. The fourth-order valence-electron chi connectivity index (χ4n) is 0.865. The van der Waals surface area contributed by atoms with E-state index in [0.29, 0.717) is 0 Å². The van der Waals surface area contributed by atoms with Crippen molar-refractivity contribution >= 4 is 5.69 Å². The molecule has 1 rings (SSSR count). The van der Waals surface area contributed by atoms with Crippen LogP contribution >= 0.6 is 0 Å². The van der Waals surface area contributed by atoms with Crippen molar-refractivity contribution in [2.24, 2.45) is 5.73 Å². The number of nitrogens with zero attached hydrogens (tertiary/aromatic N) is 1. The Morgan fingerprint density at radius 2 is 1.64 bits per heavy atom. The number of para-hydroxylation sites is 1. The van der Waals surface area contributed by atoms with E-state index in [1.807, 2.05) is 6.07 Å². The van der Waals surface area contributed by atoms with Crippen LogP contribution in [0.4, 0.5) is 5.69 Å². The van der Waals surface area contributed by atoms with Crippen LogP contribution in [-0.2, 0) is 0 Å². The maximum Gasteiger partial charge on any atom is 0.0363 e. The van der Waals surface area contributed by atoms with Crippen LogP contribution in [0, 0.1) is 0 Å². The van der Waals surface area contributed by atoms with Crippen LogP contribution in [0.2, 0.25) is 0 Å². The predicted molar refractivity (Wildman–Crippen MR) is 64.7 cm³/mol. The molecular weight excluding hydrogens is 172 g/mol. The van der Waals surface area contributed by atoms with E-state index in [9.17, 15) is 0 Å². The smallest absolute Gasteiger partial charge is 0.0363 e. The van der Waals surface area contributed by atoms with Crippen molar-refractivity contribution in [1.82, 2.24) is 0 Å². The number of nitrogens with two attached hydrogens (primary N) is 1. The third-order valence-corrected chi connectivity index (χ3v) is 1.96. The summed E-state index contributed by atoms with van der Waals surface area (Å²) >= 11 is 0. The summed E-state index contributed by atoms with van der Waals surface area (Å²) in [6.07, 6.45) is 1.10. The summed E-state index contributed by atoms with van der Waals surface area (Å²) in [5, 5.41) is 0. The number of rotatable bonds is 3. The summed E-state index contributed by atoms with van der Waals surface area (Å²) in [5.41, 5.74) is 6.31. The molecule has 2 heteroatoms. The molecule has 0 fully saturated rings. The van der Waals surface area contributed by atoms with Crippen LogP contribution in [0.5, 0.6) is 0 Å². The lowest BCUT2D eigenvalue weighted by Gasteiger charge is -2.15. The minimum Gasteiger partial charge on any atom is -0.375 e. The van der Waals surface area contributed by atoms with Gasteiger partial charge in [-0.3, -0.25) is 0 Å². The monoisotopic (exact) mass is 194 g/mol. The Labute approximate surface area is 87.7 Å². The molecule has 14 heavy (non-hydrogen) atoms. The van der Waals surface area contributed by atoms with Crippen LogP contribution in [0.1, 0.15) is 20.3 Å². The minimum absolute atomic E-state index is 0.819. The number of hydrogen-bond acceptors (Lipinski definition) is 2. The van der Waals surface area contributed by atoms with Crippen LogP contribution in [0.3, 0.4) is 0 Å². The molecule has 0 heterocycles. The molecule has 0 amide bonds. The summed E-state index contributed by atoms with van der Waals surface area (Å²) in [5.74, 6) is 0. The Balaban J connectivity index is 0.000000364. The van der Waals surface area contributed by atoms with Crippen LogP contribution in [0.25, 0.3) is 0 Å². The first kappa shape index (κ1) is 13.0. The van der Waals surface area contributed by atoms with Crippen molar-refractivity contribution in [3.8, 4) is 0 Å². The van der Waals surface area contributed by atoms with E-state index in [4.69, 9.17) is 5.73 Å². The average molecular weight is 194 g/mol. The molecular formula is C12H22N2. The highest BCUT2D eigenvalue weighted by atomic mass is 15.1. The van der Waals surface area contributed by atoms with Crippen molar-refractivity contribution in [2.75, 3.05) is 25.0 Å². The van der Waals surface area contributed by atoms with Gasteiger partial charge in [-0.25, -0.2) is 0 Å². The Kier molecular flexibility index (Phi) is 7.95. The van der Waals surface area contributed by atoms with Gasteiger partial charge in [-0.05, 0) is 32.0 Å². The predicted octanol–water partition coefficient (Wildman–Crippen LogP) is 2.50. The second-order valence-corrected chi connectivity index (χ2v) is 3.14. The highest BCUT2D eigenvalue weighted by Gasteiger charge is 1.92. The summed E-state index contributed by atoms with van der Waals surface area (Å²) in [4.78, 5) is 2.21. The first-order chi connectivity index (χ1) is 6.76. The van der Waals surface area contributed by atoms with Gasteiger partial charge in [0.05, 0.1) is 0 Å². The maximum absolute atomic E-state index is 5.03. The molecule has 2 nitrogen and oxygen atoms in total. The van der Waals surface area contributed by atoms with Crippen LogP contribution < -0.4 is 10.6 Å². The van der Waals surface area contributed by atoms with Crippen molar-refractivity contribution < 1.29 is 0 Å². The summed E-state index contributed by atoms with van der Waals surface area (Å²) in [6.45, 7) is 6.08. The van der Waals surface area contributed by atoms with E-state index in [1.54, 1.807) is 0 Å². The van der Waals surface area contributed by atoms with Gasteiger partial charge in [-0.15, -0.1) is 0 Å². The van der Waals surface area contributed by atoms with E-state index in [-0.39, 0.29) is 0 Å². The summed E-state index contributed by atoms with van der Waals surface area (Å²) in [6, 6.07) is 10.4. The van der Waals surface area contributed by atoms with Gasteiger partial charge in [-0.2, -0.15) is 0 Å². The number of benzene rings is 1. The molecule has 0 aliphatic heterocycles. The first-order valence-electron chi connectivity index (χ1n) is 5.22. The highest BCUT2D eigenvalue weighted by Crippen LogP contribution is 2.09. The molecule has 0 radical (unpaired) electrons. The third-order valence-electron chi connectivity index (χ3n) is 1.96. The number of anilines is 1. The van der Waals surface area contributed by atoms with E-state index in [0.717, 1.165) is 19.5 Å². The summed E-state index contributed by atoms with van der Waals surface area (Å²) in [7, 11) is 2.09. The normalized spacial score (nSPS) is 8.86. The van der Waals surface area contributed by atoms with E-state index in [2.05, 4.69) is 50.1 Å². The fraction of sp³-hybridized carbons (Fsp3) is 0.500. The van der Waals surface area contributed by atoms with Crippen molar-refractivity contribution in [2.45, 2.75) is 20.3 Å². The maximum atomic E-state index is 5.03. The van der Waals surface area contributed by atoms with Crippen molar-refractivity contribution in [1.29, 1.82) is 0 Å². The minimum atomic E-state index is 0.819. The largest absolute Gasteiger partial charge is 0.375 e. The van der Waals surface area contributed by atoms with Gasteiger partial charge in [0, 0.05) is 19.3 Å². The lowest BCUT2D eigenvalue weighted by molar-refractivity contribution is 0.932. The standard InChI is InChI=1S/C9H13N.C3H9N/c1-3-10(2)9-7-5-4-6-8-9;1-2-3-4/h4-8H,3H2,1-2H3;2-4H2,1H3. The van der Waals surface area contributed by atoms with E-state index < -0.39 is 0 Å². The van der Waals surface area contributed by atoms with Gasteiger partial charge in [0.15, 0.2) is 0 Å². The quantitative estimate of drug-likeness (QED) is 0.801. The second kappa shape index (κ2) is 8.57. The highest BCUT2D eigenvalue weighted by molar-refractivity contribution is 5.44. The molecule has 1 aromatic rings. The topological polar surface area (TPSA) is 29.3 Å². The SMILES string of the molecule is CCCN.CCN(C)c1ccccc1. The first-order valence-corrected chi connectivity index (χ1v) is 5.22. The molecule has 0 spiro atoms. The molecule has 0 aliphatic carbocycles. The van der Waals surface area contributed by atoms with Gasteiger partial charge < -0.3 is 10.6 Å². The third kappa shape index (κ3) is 5.60. The molecule has 1 aromatic carbocycles. The average Bonchev–Trinajstić information content (AvgIpc) is 2.29. The van der Waals surface area contributed by atoms with Crippen LogP contribution in [0.15, 0.2) is 30.3 Å². The number of hydrogen-bond donors (Lipinski definition) is 1. The molecule has 0 unspecified atom stereocenters. The van der Waals surface area contributed by atoms with Gasteiger partial charge in [-0.1, -0.05) is 25.1 Å². The zero-order chi connectivity index (χ0) is 10.8. The van der Waals surface area contributed by atoms with Gasteiger partial charge in [0.1, 0.15) is 0 Å². The van der Waals surface area contributed by atoms with E-state index in [1.165, 1.54) is 5.69 Å². The lowest BCUT2D eigenvalue weighted by atomic mass is 10.3. The van der Waals surface area contributed by atoms with Crippen LogP contribution in [-0.4, -0.2) is 20.1 Å². The molecule has 0 saturated heterocycles. The van der Waals surface area contributed by atoms with Crippen molar-refractivity contribution in [3.05, 3.63) is 30.3 Å². The van der Waals surface area contributed by atoms with Crippen molar-refractivity contribution in [3.63, 3.8) is 0 Å². The molecule has 0 aliphatic rings. The van der Waals surface area contributed by atoms with Gasteiger partial charge >= 0.3 is 0 Å². The van der Waals surface area contributed by atoms with E-state index >= 15 is 0 Å². The Morgan fingerprint density at radius 3 is 2.00 bits per heavy atom. The molecule has 0 atom stereocenters.